The van der Waals surface area contributed by atoms with Crippen LogP contribution in [0.3, 0.4) is 0 Å². The number of aryl methyl sites for hydroxylation is 1. The third-order valence-corrected chi connectivity index (χ3v) is 6.78. The van der Waals surface area contributed by atoms with E-state index in [1.807, 2.05) is 58.8 Å². The van der Waals surface area contributed by atoms with Crippen LogP contribution in [-0.4, -0.2) is 38.7 Å². The Morgan fingerprint density at radius 1 is 1.27 bits per heavy atom. The number of hydrogen-bond acceptors (Lipinski definition) is 3. The van der Waals surface area contributed by atoms with E-state index in [4.69, 9.17) is 0 Å². The van der Waals surface area contributed by atoms with Gasteiger partial charge in [0.05, 0.1) is 23.6 Å². The second kappa shape index (κ2) is 6.97. The highest BCUT2D eigenvalue weighted by atomic mass is 16.2. The van der Waals surface area contributed by atoms with E-state index in [-0.39, 0.29) is 24.3 Å². The molecule has 0 saturated carbocycles. The molecule has 0 aliphatic carbocycles. The maximum Gasteiger partial charge on any atom is 0.237 e. The Balaban J connectivity index is 1.48. The number of rotatable bonds is 4. The standard InChI is InChI=1S/C24H26N4O2/c1-3-7-20-24(18-9-4-5-10-19(18)26-23(24)30)11-13-28(20)21(29)14-17-15-25-22-16(2)8-6-12-27(17)22/h4-6,8-10,12,15,20H,3,7,11,13-14H2,1-2H3,(H,26,30)/t20-,24+/m0/s1. The van der Waals surface area contributed by atoms with Crippen LogP contribution in [0.1, 0.15) is 43.0 Å². The number of pyridine rings is 1. The molecule has 4 heterocycles. The van der Waals surface area contributed by atoms with Gasteiger partial charge in [0, 0.05) is 24.6 Å². The average molecular weight is 402 g/mol. The topological polar surface area (TPSA) is 66.7 Å². The van der Waals surface area contributed by atoms with Crippen molar-refractivity contribution >= 4 is 23.1 Å². The quantitative estimate of drug-likeness (QED) is 0.727. The zero-order chi connectivity index (χ0) is 20.9. The molecule has 2 aromatic heterocycles. The second-order valence-corrected chi connectivity index (χ2v) is 8.42. The number of anilines is 1. The summed E-state index contributed by atoms with van der Waals surface area (Å²) in [5.41, 5.74) is 4.13. The number of likely N-dealkylation sites (tertiary alicyclic amines) is 1. The third kappa shape index (κ3) is 2.59. The van der Waals surface area contributed by atoms with Crippen molar-refractivity contribution in [3.8, 4) is 0 Å². The van der Waals surface area contributed by atoms with Gasteiger partial charge in [0.25, 0.3) is 0 Å². The molecule has 3 aromatic rings. The highest BCUT2D eigenvalue weighted by molar-refractivity contribution is 6.07. The van der Waals surface area contributed by atoms with E-state index in [1.54, 1.807) is 6.20 Å². The van der Waals surface area contributed by atoms with Crippen LogP contribution < -0.4 is 5.32 Å². The minimum absolute atomic E-state index is 0.0304. The van der Waals surface area contributed by atoms with Gasteiger partial charge in [-0.2, -0.15) is 0 Å². The van der Waals surface area contributed by atoms with Crippen LogP contribution in [0, 0.1) is 6.92 Å². The molecule has 1 N–H and O–H groups in total. The van der Waals surface area contributed by atoms with Gasteiger partial charge in [0.15, 0.2) is 0 Å². The summed E-state index contributed by atoms with van der Waals surface area (Å²) < 4.78 is 1.99. The molecule has 2 aliphatic rings. The fourth-order valence-electron chi connectivity index (χ4n) is 5.37. The molecule has 30 heavy (non-hydrogen) atoms. The molecule has 154 valence electrons. The van der Waals surface area contributed by atoms with Crippen molar-refractivity contribution < 1.29 is 9.59 Å². The minimum Gasteiger partial charge on any atom is -0.338 e. The lowest BCUT2D eigenvalue weighted by Gasteiger charge is -2.34. The van der Waals surface area contributed by atoms with Gasteiger partial charge in [-0.3, -0.25) is 9.59 Å². The lowest BCUT2D eigenvalue weighted by atomic mass is 9.73. The Morgan fingerprint density at radius 2 is 2.10 bits per heavy atom. The minimum atomic E-state index is -0.641. The van der Waals surface area contributed by atoms with Crippen molar-refractivity contribution in [2.24, 2.45) is 0 Å². The van der Waals surface area contributed by atoms with Gasteiger partial charge in [0.2, 0.25) is 11.8 Å². The predicted molar refractivity (Wildman–Crippen MR) is 115 cm³/mol. The maximum atomic E-state index is 13.4. The number of benzene rings is 1. The fourth-order valence-corrected chi connectivity index (χ4v) is 5.37. The summed E-state index contributed by atoms with van der Waals surface area (Å²) in [7, 11) is 0. The molecule has 0 bridgehead atoms. The Kier molecular flexibility index (Phi) is 4.38. The summed E-state index contributed by atoms with van der Waals surface area (Å²) in [6, 6.07) is 11.8. The van der Waals surface area contributed by atoms with Gasteiger partial charge in [-0.05, 0) is 43.0 Å². The van der Waals surface area contributed by atoms with Gasteiger partial charge in [0.1, 0.15) is 5.65 Å². The maximum absolute atomic E-state index is 13.4. The van der Waals surface area contributed by atoms with Gasteiger partial charge in [-0.15, -0.1) is 0 Å². The number of nitrogens with one attached hydrogen (secondary N) is 1. The molecule has 5 rings (SSSR count). The van der Waals surface area contributed by atoms with E-state index in [0.717, 1.165) is 41.0 Å². The Morgan fingerprint density at radius 3 is 2.93 bits per heavy atom. The third-order valence-electron chi connectivity index (χ3n) is 6.78. The number of carbonyl (C=O) groups is 2. The van der Waals surface area contributed by atoms with Crippen LogP contribution in [0.4, 0.5) is 5.69 Å². The number of imidazole rings is 1. The molecular formula is C24H26N4O2. The summed E-state index contributed by atoms with van der Waals surface area (Å²) in [6.45, 7) is 4.73. The number of para-hydroxylation sites is 1. The Hall–Kier alpha value is -3.15. The van der Waals surface area contributed by atoms with E-state index in [2.05, 4.69) is 17.2 Å². The van der Waals surface area contributed by atoms with Gasteiger partial charge in [-0.25, -0.2) is 4.98 Å². The molecular weight excluding hydrogens is 376 g/mol. The van der Waals surface area contributed by atoms with E-state index in [0.29, 0.717) is 13.0 Å². The highest BCUT2D eigenvalue weighted by Gasteiger charge is 2.58. The molecule has 6 nitrogen and oxygen atoms in total. The lowest BCUT2D eigenvalue weighted by Crippen LogP contribution is -2.49. The van der Waals surface area contributed by atoms with Crippen molar-refractivity contribution in [3.05, 3.63) is 65.6 Å². The van der Waals surface area contributed by atoms with Gasteiger partial charge < -0.3 is 14.6 Å². The number of carbonyl (C=O) groups excluding carboxylic acids is 2. The van der Waals surface area contributed by atoms with E-state index in [1.165, 1.54) is 0 Å². The first kappa shape index (κ1) is 18.9. The Labute approximate surface area is 175 Å². The molecule has 2 aliphatic heterocycles. The van der Waals surface area contributed by atoms with Crippen LogP contribution in [0.2, 0.25) is 0 Å². The number of nitrogens with zero attached hydrogens (tertiary/aromatic N) is 3. The van der Waals surface area contributed by atoms with Crippen molar-refractivity contribution in [2.45, 2.75) is 51.0 Å². The normalized spacial score (nSPS) is 22.7. The van der Waals surface area contributed by atoms with E-state index < -0.39 is 5.41 Å². The SMILES string of the molecule is CCC[C@@H]1N(C(=O)Cc2cnc3c(C)cccn23)CC[C@]12C(=O)Nc1ccccc12. The first-order valence-electron chi connectivity index (χ1n) is 10.7. The first-order chi connectivity index (χ1) is 14.6. The average Bonchev–Trinajstić information content (AvgIpc) is 3.40. The molecule has 0 radical (unpaired) electrons. The van der Waals surface area contributed by atoms with Crippen molar-refractivity contribution in [1.29, 1.82) is 0 Å². The van der Waals surface area contributed by atoms with Crippen molar-refractivity contribution in [3.63, 3.8) is 0 Å². The number of fused-ring (bicyclic) bond motifs is 3. The summed E-state index contributed by atoms with van der Waals surface area (Å²) in [5, 5.41) is 3.06. The van der Waals surface area contributed by atoms with Crippen LogP contribution in [0.5, 0.6) is 0 Å². The summed E-state index contributed by atoms with van der Waals surface area (Å²) in [5.74, 6) is 0.0914. The molecule has 1 fully saturated rings. The van der Waals surface area contributed by atoms with Crippen molar-refractivity contribution in [2.75, 3.05) is 11.9 Å². The molecule has 1 spiro atoms. The smallest absolute Gasteiger partial charge is 0.237 e. The van der Waals surface area contributed by atoms with Crippen LogP contribution in [-0.2, 0) is 21.4 Å². The lowest BCUT2D eigenvalue weighted by molar-refractivity contribution is -0.132. The number of amides is 2. The number of hydrogen-bond donors (Lipinski definition) is 1. The predicted octanol–water partition coefficient (Wildman–Crippen LogP) is 3.48. The molecule has 2 atom stereocenters. The fraction of sp³-hybridized carbons (Fsp3) is 0.375. The number of aromatic nitrogens is 2. The van der Waals surface area contributed by atoms with E-state index >= 15 is 0 Å². The molecule has 0 unspecified atom stereocenters. The summed E-state index contributed by atoms with van der Waals surface area (Å²) in [6.07, 6.45) is 6.41. The van der Waals surface area contributed by atoms with Gasteiger partial charge in [-0.1, -0.05) is 37.6 Å². The molecule has 1 aromatic carbocycles. The van der Waals surface area contributed by atoms with Crippen LogP contribution >= 0.6 is 0 Å². The summed E-state index contributed by atoms with van der Waals surface area (Å²) in [4.78, 5) is 33.1. The highest BCUT2D eigenvalue weighted by Crippen LogP contribution is 2.49. The zero-order valence-corrected chi connectivity index (χ0v) is 17.4. The largest absolute Gasteiger partial charge is 0.338 e. The molecule has 1 saturated heterocycles. The monoisotopic (exact) mass is 402 g/mol. The molecule has 6 heteroatoms. The second-order valence-electron chi connectivity index (χ2n) is 8.42. The molecule has 2 amide bonds. The zero-order valence-electron chi connectivity index (χ0n) is 17.4. The van der Waals surface area contributed by atoms with Crippen LogP contribution in [0.25, 0.3) is 5.65 Å². The van der Waals surface area contributed by atoms with Crippen molar-refractivity contribution in [1.82, 2.24) is 14.3 Å². The summed E-state index contributed by atoms with van der Waals surface area (Å²) >= 11 is 0. The van der Waals surface area contributed by atoms with E-state index in [9.17, 15) is 9.59 Å². The first-order valence-corrected chi connectivity index (χ1v) is 10.7. The Bertz CT molecular complexity index is 1150. The van der Waals surface area contributed by atoms with Gasteiger partial charge >= 0.3 is 0 Å². The van der Waals surface area contributed by atoms with Crippen LogP contribution in [0.15, 0.2) is 48.8 Å².